The van der Waals surface area contributed by atoms with E-state index in [2.05, 4.69) is 32.0 Å². The van der Waals surface area contributed by atoms with Crippen molar-refractivity contribution < 1.29 is 0 Å². The van der Waals surface area contributed by atoms with E-state index in [9.17, 15) is 0 Å². The third kappa shape index (κ3) is 2.55. The zero-order valence-electron chi connectivity index (χ0n) is 8.04. The quantitative estimate of drug-likeness (QED) is 0.586. The van der Waals surface area contributed by atoms with Crippen LogP contribution in [0.1, 0.15) is 5.56 Å². The van der Waals surface area contributed by atoms with Crippen LogP contribution in [0.4, 0.5) is 0 Å². The van der Waals surface area contributed by atoms with Gasteiger partial charge < -0.3 is 0 Å². The van der Waals surface area contributed by atoms with Gasteiger partial charge in [0.05, 0.1) is 5.69 Å². The second kappa shape index (κ2) is 4.29. The number of aryl methyl sites for hydroxylation is 1. The second-order valence-electron chi connectivity index (χ2n) is 3.21. The van der Waals surface area contributed by atoms with Gasteiger partial charge in [-0.1, -0.05) is 35.4 Å². The molecule has 2 aromatic rings. The molecule has 0 saturated carbocycles. The molecule has 2 rings (SSSR count). The molecule has 0 atom stereocenters. The van der Waals surface area contributed by atoms with E-state index in [1.54, 1.807) is 6.07 Å². The lowest BCUT2D eigenvalue weighted by molar-refractivity contribution is 1.12. The maximum atomic E-state index is 5.86. The van der Waals surface area contributed by atoms with Gasteiger partial charge in [0, 0.05) is 11.6 Å². The molecule has 0 spiro atoms. The molecule has 1 aromatic carbocycles. The van der Waals surface area contributed by atoms with Gasteiger partial charge in [-0.3, -0.25) is 0 Å². The van der Waals surface area contributed by atoms with Gasteiger partial charge in [-0.05, 0) is 28.9 Å². The van der Waals surface area contributed by atoms with E-state index in [0.717, 1.165) is 11.3 Å². The van der Waals surface area contributed by atoms with E-state index in [4.69, 9.17) is 11.6 Å². The second-order valence-corrected chi connectivity index (χ2v) is 4.31. The highest BCUT2D eigenvalue weighted by atomic mass is 79.9. The molecule has 0 N–H and O–H groups in total. The molecule has 1 aromatic heterocycles. The first-order valence-electron chi connectivity index (χ1n) is 4.42. The lowest BCUT2D eigenvalue weighted by atomic mass is 10.1. The van der Waals surface area contributed by atoms with Crippen molar-refractivity contribution in [2.45, 2.75) is 6.92 Å². The Bertz CT molecular complexity index is 479. The molecular formula is C11H8BrClN2. The summed E-state index contributed by atoms with van der Waals surface area (Å²) in [4.78, 5) is 8.22. The summed E-state index contributed by atoms with van der Waals surface area (Å²) in [7, 11) is 0. The fraction of sp³-hybridized carbons (Fsp3) is 0.0909. The summed E-state index contributed by atoms with van der Waals surface area (Å²) in [5, 5.41) is 0.438. The molecule has 0 bridgehead atoms. The third-order valence-corrected chi connectivity index (χ3v) is 2.53. The predicted molar refractivity (Wildman–Crippen MR) is 64.9 cm³/mol. The number of aromatic nitrogens is 2. The van der Waals surface area contributed by atoms with Gasteiger partial charge in [-0.15, -0.1) is 0 Å². The summed E-state index contributed by atoms with van der Waals surface area (Å²) >= 11 is 9.08. The number of halogens is 2. The van der Waals surface area contributed by atoms with Crippen molar-refractivity contribution in [2.75, 3.05) is 0 Å². The van der Waals surface area contributed by atoms with E-state index in [0.29, 0.717) is 9.89 Å². The fourth-order valence-corrected chi connectivity index (χ4v) is 2.01. The Morgan fingerprint density at radius 2 is 2.00 bits per heavy atom. The largest absolute Gasteiger partial charge is 0.222 e. The molecule has 0 aliphatic heterocycles. The molecule has 0 unspecified atom stereocenters. The molecule has 4 heteroatoms. The smallest absolute Gasteiger partial charge is 0.198 e. The van der Waals surface area contributed by atoms with Crippen LogP contribution in [0.5, 0.6) is 0 Å². The van der Waals surface area contributed by atoms with Gasteiger partial charge >= 0.3 is 0 Å². The van der Waals surface area contributed by atoms with E-state index in [1.165, 1.54) is 5.56 Å². The average Bonchev–Trinajstić information content (AvgIpc) is 2.16. The highest BCUT2D eigenvalue weighted by Crippen LogP contribution is 2.22. The van der Waals surface area contributed by atoms with E-state index >= 15 is 0 Å². The maximum Gasteiger partial charge on any atom is 0.198 e. The van der Waals surface area contributed by atoms with Crippen molar-refractivity contribution >= 4 is 27.5 Å². The zero-order chi connectivity index (χ0) is 10.8. The lowest BCUT2D eigenvalue weighted by Crippen LogP contribution is -1.88. The summed E-state index contributed by atoms with van der Waals surface area (Å²) < 4.78 is 0.506. The summed E-state index contributed by atoms with van der Waals surface area (Å²) in [6.45, 7) is 2.04. The normalized spacial score (nSPS) is 10.3. The van der Waals surface area contributed by atoms with Crippen molar-refractivity contribution in [2.24, 2.45) is 0 Å². The standard InChI is InChI=1S/C11H8BrClN2/c1-7-3-2-4-8(5-7)9-6-10(13)15-11(12)14-9/h2-6H,1H3. The monoisotopic (exact) mass is 282 g/mol. The van der Waals surface area contributed by atoms with E-state index in [1.807, 2.05) is 25.1 Å². The van der Waals surface area contributed by atoms with Gasteiger partial charge in [-0.2, -0.15) is 0 Å². The first-order chi connectivity index (χ1) is 7.15. The average molecular weight is 284 g/mol. The van der Waals surface area contributed by atoms with Crippen molar-refractivity contribution in [3.8, 4) is 11.3 Å². The summed E-state index contributed by atoms with van der Waals surface area (Å²) in [5.74, 6) is 0. The summed E-state index contributed by atoms with van der Waals surface area (Å²) in [6, 6.07) is 9.85. The minimum atomic E-state index is 0.438. The maximum absolute atomic E-state index is 5.86. The van der Waals surface area contributed by atoms with Crippen LogP contribution in [0.25, 0.3) is 11.3 Å². The molecule has 0 aliphatic carbocycles. The van der Waals surface area contributed by atoms with Crippen LogP contribution in [0, 0.1) is 6.92 Å². The number of hydrogen-bond acceptors (Lipinski definition) is 2. The summed E-state index contributed by atoms with van der Waals surface area (Å²) in [6.07, 6.45) is 0. The number of nitrogens with zero attached hydrogens (tertiary/aromatic N) is 2. The van der Waals surface area contributed by atoms with Crippen LogP contribution >= 0.6 is 27.5 Å². The van der Waals surface area contributed by atoms with Crippen LogP contribution in [-0.4, -0.2) is 9.97 Å². The topological polar surface area (TPSA) is 25.8 Å². The Labute approximate surface area is 101 Å². The molecule has 0 fully saturated rings. The fourth-order valence-electron chi connectivity index (χ4n) is 1.34. The van der Waals surface area contributed by atoms with Crippen LogP contribution in [-0.2, 0) is 0 Å². The molecule has 15 heavy (non-hydrogen) atoms. The minimum Gasteiger partial charge on any atom is -0.222 e. The SMILES string of the molecule is Cc1cccc(-c2cc(Cl)nc(Br)n2)c1. The van der Waals surface area contributed by atoms with Crippen LogP contribution in [0.2, 0.25) is 5.15 Å². The highest BCUT2D eigenvalue weighted by Gasteiger charge is 2.03. The Morgan fingerprint density at radius 1 is 1.20 bits per heavy atom. The van der Waals surface area contributed by atoms with Crippen molar-refractivity contribution in [1.82, 2.24) is 9.97 Å². The predicted octanol–water partition coefficient (Wildman–Crippen LogP) is 3.87. The third-order valence-electron chi connectivity index (χ3n) is 1.98. The van der Waals surface area contributed by atoms with Crippen molar-refractivity contribution in [3.05, 3.63) is 45.8 Å². The van der Waals surface area contributed by atoms with Gasteiger partial charge in [0.1, 0.15) is 5.15 Å². The van der Waals surface area contributed by atoms with Crippen LogP contribution in [0.15, 0.2) is 35.1 Å². The molecule has 0 amide bonds. The molecule has 76 valence electrons. The van der Waals surface area contributed by atoms with Gasteiger partial charge in [0.25, 0.3) is 0 Å². The van der Waals surface area contributed by atoms with E-state index in [-0.39, 0.29) is 0 Å². The lowest BCUT2D eigenvalue weighted by Gasteiger charge is -2.02. The summed E-state index contributed by atoms with van der Waals surface area (Å²) in [5.41, 5.74) is 3.06. The van der Waals surface area contributed by atoms with E-state index < -0.39 is 0 Å². The molecule has 0 saturated heterocycles. The molecule has 1 heterocycles. The van der Waals surface area contributed by atoms with Gasteiger partial charge in [-0.25, -0.2) is 9.97 Å². The van der Waals surface area contributed by atoms with Gasteiger partial charge in [0.2, 0.25) is 0 Å². The van der Waals surface area contributed by atoms with Gasteiger partial charge in [0.15, 0.2) is 4.73 Å². The minimum absolute atomic E-state index is 0.438. The Morgan fingerprint density at radius 3 is 2.67 bits per heavy atom. The highest BCUT2D eigenvalue weighted by molar-refractivity contribution is 9.10. The first kappa shape index (κ1) is 10.6. The molecular weight excluding hydrogens is 275 g/mol. The Hall–Kier alpha value is -0.930. The molecule has 2 nitrogen and oxygen atoms in total. The zero-order valence-corrected chi connectivity index (χ0v) is 10.4. The van der Waals surface area contributed by atoms with Crippen LogP contribution < -0.4 is 0 Å². The Balaban J connectivity index is 2.54. The number of rotatable bonds is 1. The number of benzene rings is 1. The molecule has 0 aliphatic rings. The van der Waals surface area contributed by atoms with Crippen molar-refractivity contribution in [3.63, 3.8) is 0 Å². The first-order valence-corrected chi connectivity index (χ1v) is 5.59. The Kier molecular flexibility index (Phi) is 3.03. The molecule has 0 radical (unpaired) electrons. The van der Waals surface area contributed by atoms with Crippen molar-refractivity contribution in [1.29, 1.82) is 0 Å². The van der Waals surface area contributed by atoms with Crippen LogP contribution in [0.3, 0.4) is 0 Å². The number of hydrogen-bond donors (Lipinski definition) is 0.